The molecule has 1 fully saturated rings. The van der Waals surface area contributed by atoms with E-state index >= 15 is 0 Å². The Bertz CT molecular complexity index is 1320. The molecule has 1 N–H and O–H groups in total. The summed E-state index contributed by atoms with van der Waals surface area (Å²) in [7, 11) is 1.66. The Morgan fingerprint density at radius 3 is 2.44 bits per heavy atom. The lowest BCUT2D eigenvalue weighted by Gasteiger charge is -2.37. The third kappa shape index (κ3) is 3.73. The Morgan fingerprint density at radius 1 is 1.00 bits per heavy atom. The van der Waals surface area contributed by atoms with Crippen molar-refractivity contribution in [3.8, 4) is 16.9 Å². The molecule has 0 radical (unpaired) electrons. The second-order valence-corrected chi connectivity index (χ2v) is 9.09. The highest BCUT2D eigenvalue weighted by Gasteiger charge is 2.22. The standard InChI is InChI=1S/C25H26N4O2S/c1-16-4-5-17(2)21(14-16)28-10-12-29(13-11-28)25-26-22-20(15-32-23(22)24(30)27-25)18-6-8-19(31-3)9-7-18/h4-9,14-15H,10-13H2,1-3H3,(H,26,27,30). The topological polar surface area (TPSA) is 61.5 Å². The van der Waals surface area contributed by atoms with Crippen molar-refractivity contribution in [1.29, 1.82) is 0 Å². The van der Waals surface area contributed by atoms with Crippen LogP contribution < -0.4 is 20.1 Å². The Kier molecular flexibility index (Phi) is 5.35. The summed E-state index contributed by atoms with van der Waals surface area (Å²) in [5.41, 5.74) is 6.55. The van der Waals surface area contributed by atoms with Gasteiger partial charge in [0.15, 0.2) is 0 Å². The Hall–Kier alpha value is -3.32. The summed E-state index contributed by atoms with van der Waals surface area (Å²) in [6, 6.07) is 14.5. The first kappa shape index (κ1) is 20.6. The van der Waals surface area contributed by atoms with E-state index in [9.17, 15) is 4.79 Å². The minimum atomic E-state index is -0.0771. The molecule has 0 unspecified atom stereocenters. The van der Waals surface area contributed by atoms with Gasteiger partial charge < -0.3 is 14.5 Å². The number of nitrogens with zero attached hydrogens (tertiary/aromatic N) is 3. The minimum absolute atomic E-state index is 0.0771. The molecule has 7 heteroatoms. The van der Waals surface area contributed by atoms with Crippen LogP contribution in [0, 0.1) is 13.8 Å². The van der Waals surface area contributed by atoms with E-state index in [-0.39, 0.29) is 5.56 Å². The maximum absolute atomic E-state index is 12.8. The van der Waals surface area contributed by atoms with Gasteiger partial charge in [0.05, 0.1) is 12.6 Å². The summed E-state index contributed by atoms with van der Waals surface area (Å²) in [6.45, 7) is 7.69. The quantitative estimate of drug-likeness (QED) is 0.496. The van der Waals surface area contributed by atoms with Crippen molar-refractivity contribution in [2.45, 2.75) is 13.8 Å². The second kappa shape index (κ2) is 8.31. The van der Waals surface area contributed by atoms with Crippen LogP contribution in [0.25, 0.3) is 21.3 Å². The van der Waals surface area contributed by atoms with Gasteiger partial charge in [-0.3, -0.25) is 9.78 Å². The molecule has 0 spiro atoms. The number of hydrogen-bond acceptors (Lipinski definition) is 6. The zero-order chi connectivity index (χ0) is 22.2. The van der Waals surface area contributed by atoms with Crippen molar-refractivity contribution in [1.82, 2.24) is 9.97 Å². The van der Waals surface area contributed by atoms with Crippen molar-refractivity contribution in [2.75, 3.05) is 43.1 Å². The Labute approximate surface area is 191 Å². The fourth-order valence-corrected chi connectivity index (χ4v) is 5.17. The molecular formula is C25H26N4O2S. The molecule has 0 atom stereocenters. The highest BCUT2D eigenvalue weighted by Crippen LogP contribution is 2.33. The smallest absolute Gasteiger partial charge is 0.270 e. The van der Waals surface area contributed by atoms with Gasteiger partial charge in [0, 0.05) is 42.8 Å². The molecule has 164 valence electrons. The van der Waals surface area contributed by atoms with E-state index in [1.54, 1.807) is 7.11 Å². The summed E-state index contributed by atoms with van der Waals surface area (Å²) >= 11 is 1.44. The molecule has 1 saturated heterocycles. The summed E-state index contributed by atoms with van der Waals surface area (Å²) in [6.07, 6.45) is 0. The molecule has 1 aliphatic heterocycles. The van der Waals surface area contributed by atoms with Crippen LogP contribution in [0.2, 0.25) is 0 Å². The molecule has 6 nitrogen and oxygen atoms in total. The number of ether oxygens (including phenoxy) is 1. The highest BCUT2D eigenvalue weighted by molar-refractivity contribution is 7.17. The number of aromatic amines is 1. The zero-order valence-electron chi connectivity index (χ0n) is 18.5. The number of thiophene rings is 1. The van der Waals surface area contributed by atoms with E-state index < -0.39 is 0 Å². The van der Waals surface area contributed by atoms with E-state index in [2.05, 4.69) is 46.8 Å². The zero-order valence-corrected chi connectivity index (χ0v) is 19.3. The first-order valence-electron chi connectivity index (χ1n) is 10.8. The van der Waals surface area contributed by atoms with Crippen molar-refractivity contribution in [2.24, 2.45) is 0 Å². The number of rotatable bonds is 4. The Morgan fingerprint density at radius 2 is 1.72 bits per heavy atom. The van der Waals surface area contributed by atoms with Crippen LogP contribution in [0.1, 0.15) is 11.1 Å². The van der Waals surface area contributed by atoms with Crippen LogP contribution >= 0.6 is 11.3 Å². The number of H-pyrrole nitrogens is 1. The maximum atomic E-state index is 12.8. The fraction of sp³-hybridized carbons (Fsp3) is 0.280. The predicted molar refractivity (Wildman–Crippen MR) is 133 cm³/mol. The number of nitrogens with one attached hydrogen (secondary N) is 1. The first-order valence-corrected chi connectivity index (χ1v) is 11.6. The lowest BCUT2D eigenvalue weighted by atomic mass is 10.1. The van der Waals surface area contributed by atoms with Gasteiger partial charge in [-0.25, -0.2) is 4.98 Å². The molecule has 0 bridgehead atoms. The molecule has 2 aromatic carbocycles. The average molecular weight is 447 g/mol. The van der Waals surface area contributed by atoms with Crippen LogP contribution in [-0.2, 0) is 0 Å². The van der Waals surface area contributed by atoms with Gasteiger partial charge in [-0.15, -0.1) is 11.3 Å². The van der Waals surface area contributed by atoms with Gasteiger partial charge in [-0.05, 0) is 48.7 Å². The lowest BCUT2D eigenvalue weighted by Crippen LogP contribution is -2.47. The Balaban J connectivity index is 1.42. The van der Waals surface area contributed by atoms with Gasteiger partial charge in [0.25, 0.3) is 5.56 Å². The fourth-order valence-electron chi connectivity index (χ4n) is 4.26. The van der Waals surface area contributed by atoms with Crippen molar-refractivity contribution < 1.29 is 4.74 Å². The number of benzene rings is 2. The number of piperazine rings is 1. The molecule has 2 aromatic heterocycles. The number of methoxy groups -OCH3 is 1. The molecule has 4 aromatic rings. The molecule has 0 amide bonds. The lowest BCUT2D eigenvalue weighted by molar-refractivity contribution is 0.415. The van der Waals surface area contributed by atoms with Crippen LogP contribution in [-0.4, -0.2) is 43.3 Å². The predicted octanol–water partition coefficient (Wildman–Crippen LogP) is 4.60. The van der Waals surface area contributed by atoms with E-state index in [0.717, 1.165) is 48.6 Å². The third-order valence-corrected chi connectivity index (χ3v) is 7.07. The van der Waals surface area contributed by atoms with Crippen molar-refractivity contribution in [3.05, 3.63) is 69.3 Å². The minimum Gasteiger partial charge on any atom is -0.497 e. The van der Waals surface area contributed by atoms with Gasteiger partial charge in [0.2, 0.25) is 5.95 Å². The summed E-state index contributed by atoms with van der Waals surface area (Å²) in [5, 5.41) is 2.01. The summed E-state index contributed by atoms with van der Waals surface area (Å²) in [5.74, 6) is 1.46. The molecule has 1 aliphatic rings. The number of aromatic nitrogens is 2. The third-order valence-electron chi connectivity index (χ3n) is 6.10. The number of anilines is 2. The molecule has 0 saturated carbocycles. The van der Waals surface area contributed by atoms with Gasteiger partial charge in [-0.1, -0.05) is 24.3 Å². The molecule has 32 heavy (non-hydrogen) atoms. The number of hydrogen-bond donors (Lipinski definition) is 1. The van der Waals surface area contributed by atoms with Gasteiger partial charge >= 0.3 is 0 Å². The van der Waals surface area contributed by atoms with E-state index in [4.69, 9.17) is 9.72 Å². The van der Waals surface area contributed by atoms with Crippen molar-refractivity contribution in [3.63, 3.8) is 0 Å². The number of aryl methyl sites for hydroxylation is 2. The number of fused-ring (bicyclic) bond motifs is 1. The molecule has 3 heterocycles. The average Bonchev–Trinajstić information content (AvgIpc) is 3.25. The molecular weight excluding hydrogens is 420 g/mol. The molecule has 0 aliphatic carbocycles. The SMILES string of the molecule is COc1ccc(-c2csc3c(=O)[nH]c(N4CCN(c5cc(C)ccc5C)CC4)nc23)cc1. The molecule has 5 rings (SSSR count). The van der Waals surface area contributed by atoms with Crippen LogP contribution in [0.4, 0.5) is 11.6 Å². The maximum Gasteiger partial charge on any atom is 0.270 e. The van der Waals surface area contributed by atoms with Gasteiger partial charge in [0.1, 0.15) is 10.4 Å². The normalized spacial score (nSPS) is 14.2. The van der Waals surface area contributed by atoms with Gasteiger partial charge in [-0.2, -0.15) is 0 Å². The largest absolute Gasteiger partial charge is 0.497 e. The van der Waals surface area contributed by atoms with E-state index in [0.29, 0.717) is 10.6 Å². The monoisotopic (exact) mass is 446 g/mol. The second-order valence-electron chi connectivity index (χ2n) is 8.21. The van der Waals surface area contributed by atoms with E-state index in [1.165, 1.54) is 28.2 Å². The first-order chi connectivity index (χ1) is 15.5. The summed E-state index contributed by atoms with van der Waals surface area (Å²) < 4.78 is 5.93. The summed E-state index contributed by atoms with van der Waals surface area (Å²) in [4.78, 5) is 25.3. The van der Waals surface area contributed by atoms with E-state index in [1.807, 2.05) is 29.6 Å². The van der Waals surface area contributed by atoms with Crippen LogP contribution in [0.5, 0.6) is 5.75 Å². The highest BCUT2D eigenvalue weighted by atomic mass is 32.1. The van der Waals surface area contributed by atoms with Crippen LogP contribution in [0.3, 0.4) is 0 Å². The van der Waals surface area contributed by atoms with Crippen LogP contribution in [0.15, 0.2) is 52.6 Å². The van der Waals surface area contributed by atoms with Crippen molar-refractivity contribution >= 4 is 33.2 Å².